The van der Waals surface area contributed by atoms with Crippen LogP contribution in [0.4, 0.5) is 0 Å². The van der Waals surface area contributed by atoms with Crippen molar-refractivity contribution in [1.82, 2.24) is 10.2 Å². The largest absolute Gasteiger partial charge is 0.380 e. The quantitative estimate of drug-likeness (QED) is 0.856. The van der Waals surface area contributed by atoms with Crippen LogP contribution in [0.2, 0.25) is 0 Å². The number of ether oxygens (including phenoxy) is 1. The van der Waals surface area contributed by atoms with Gasteiger partial charge < -0.3 is 4.74 Å². The standard InChI is InChI=1S/C16H29N3O/c1-12(2)18-16(11-17)7-5-14(9-16)19-8-6-13(3)15(10-19)20-4/h12-15,18H,5-10H2,1-4H3. The molecule has 2 fully saturated rings. The molecular formula is C16H29N3O. The zero-order valence-corrected chi connectivity index (χ0v) is 13.4. The van der Waals surface area contributed by atoms with Crippen LogP contribution in [-0.2, 0) is 4.74 Å². The van der Waals surface area contributed by atoms with Crippen LogP contribution in [0.1, 0.15) is 46.5 Å². The summed E-state index contributed by atoms with van der Waals surface area (Å²) in [6, 6.07) is 3.44. The number of hydrogen-bond donors (Lipinski definition) is 1. The first-order valence-electron chi connectivity index (χ1n) is 7.95. The zero-order valence-electron chi connectivity index (χ0n) is 13.4. The number of methoxy groups -OCH3 is 1. The molecule has 1 saturated carbocycles. The second-order valence-corrected chi connectivity index (χ2v) is 6.92. The Balaban J connectivity index is 1.97. The highest BCUT2D eigenvalue weighted by Gasteiger charge is 2.43. The molecule has 0 aromatic carbocycles. The summed E-state index contributed by atoms with van der Waals surface area (Å²) < 4.78 is 5.61. The van der Waals surface area contributed by atoms with E-state index in [2.05, 4.69) is 37.1 Å². The summed E-state index contributed by atoms with van der Waals surface area (Å²) in [6.07, 6.45) is 4.59. The van der Waals surface area contributed by atoms with Gasteiger partial charge in [-0.3, -0.25) is 10.2 Å². The summed E-state index contributed by atoms with van der Waals surface area (Å²) in [5.41, 5.74) is -0.315. The number of nitriles is 1. The fourth-order valence-corrected chi connectivity index (χ4v) is 3.84. The van der Waals surface area contributed by atoms with E-state index < -0.39 is 0 Å². The second kappa shape index (κ2) is 6.43. The van der Waals surface area contributed by atoms with Crippen molar-refractivity contribution in [1.29, 1.82) is 5.26 Å². The van der Waals surface area contributed by atoms with Gasteiger partial charge in [0.25, 0.3) is 0 Å². The van der Waals surface area contributed by atoms with Crippen molar-refractivity contribution in [3.05, 3.63) is 0 Å². The molecule has 0 radical (unpaired) electrons. The van der Waals surface area contributed by atoms with Gasteiger partial charge in [-0.05, 0) is 52.0 Å². The lowest BCUT2D eigenvalue weighted by Crippen LogP contribution is -2.50. The van der Waals surface area contributed by atoms with Gasteiger partial charge in [-0.25, -0.2) is 0 Å². The molecule has 4 unspecified atom stereocenters. The molecule has 2 aliphatic rings. The summed E-state index contributed by atoms with van der Waals surface area (Å²) in [5.74, 6) is 0.646. The van der Waals surface area contributed by atoms with Crippen molar-refractivity contribution in [2.24, 2.45) is 5.92 Å². The number of nitrogens with zero attached hydrogens (tertiary/aromatic N) is 2. The third-order valence-corrected chi connectivity index (χ3v) is 5.01. The highest BCUT2D eigenvalue weighted by molar-refractivity contribution is 5.14. The predicted molar refractivity (Wildman–Crippen MR) is 80.4 cm³/mol. The van der Waals surface area contributed by atoms with E-state index in [1.54, 1.807) is 0 Å². The lowest BCUT2D eigenvalue weighted by molar-refractivity contribution is -0.0187. The van der Waals surface area contributed by atoms with E-state index in [1.807, 2.05) is 7.11 Å². The Morgan fingerprint density at radius 1 is 1.40 bits per heavy atom. The number of rotatable bonds is 4. The first-order valence-corrected chi connectivity index (χ1v) is 7.95. The molecule has 1 N–H and O–H groups in total. The average Bonchev–Trinajstić information content (AvgIpc) is 2.83. The Bertz CT molecular complexity index is 365. The van der Waals surface area contributed by atoms with Gasteiger partial charge in [-0.15, -0.1) is 0 Å². The summed E-state index contributed by atoms with van der Waals surface area (Å²) in [7, 11) is 1.82. The Morgan fingerprint density at radius 3 is 2.75 bits per heavy atom. The van der Waals surface area contributed by atoms with Crippen LogP contribution in [0.3, 0.4) is 0 Å². The van der Waals surface area contributed by atoms with E-state index in [1.165, 1.54) is 6.42 Å². The number of piperidine rings is 1. The number of nitrogens with one attached hydrogen (secondary N) is 1. The van der Waals surface area contributed by atoms with Gasteiger partial charge >= 0.3 is 0 Å². The maximum Gasteiger partial charge on any atom is 0.108 e. The molecule has 1 saturated heterocycles. The molecule has 114 valence electrons. The minimum Gasteiger partial charge on any atom is -0.380 e. The number of likely N-dealkylation sites (tertiary alicyclic amines) is 1. The summed E-state index contributed by atoms with van der Waals surface area (Å²) in [4.78, 5) is 2.55. The Kier molecular flexibility index (Phi) is 5.06. The van der Waals surface area contributed by atoms with E-state index >= 15 is 0 Å². The molecule has 4 heteroatoms. The molecule has 20 heavy (non-hydrogen) atoms. The summed E-state index contributed by atoms with van der Waals surface area (Å²) >= 11 is 0. The summed E-state index contributed by atoms with van der Waals surface area (Å²) in [5, 5.41) is 13.1. The highest BCUT2D eigenvalue weighted by Crippen LogP contribution is 2.35. The Hall–Kier alpha value is -0.630. The molecule has 4 atom stereocenters. The first-order chi connectivity index (χ1) is 9.49. The normalized spacial score (nSPS) is 39.1. The van der Waals surface area contributed by atoms with Crippen molar-refractivity contribution in [3.63, 3.8) is 0 Å². The smallest absolute Gasteiger partial charge is 0.108 e. The minimum absolute atomic E-state index is 0.315. The average molecular weight is 279 g/mol. The SMILES string of the molecule is COC1CN(C2CCC(C#N)(NC(C)C)C2)CCC1C. The van der Waals surface area contributed by atoms with Gasteiger partial charge in [0.1, 0.15) is 5.54 Å². The van der Waals surface area contributed by atoms with Crippen LogP contribution in [0.25, 0.3) is 0 Å². The monoisotopic (exact) mass is 279 g/mol. The fraction of sp³-hybridized carbons (Fsp3) is 0.938. The molecule has 0 spiro atoms. The van der Waals surface area contributed by atoms with E-state index in [-0.39, 0.29) is 5.54 Å². The van der Waals surface area contributed by atoms with Crippen molar-refractivity contribution in [3.8, 4) is 6.07 Å². The van der Waals surface area contributed by atoms with E-state index in [4.69, 9.17) is 4.74 Å². The van der Waals surface area contributed by atoms with E-state index in [9.17, 15) is 5.26 Å². The number of hydrogen-bond acceptors (Lipinski definition) is 4. The van der Waals surface area contributed by atoms with Crippen LogP contribution in [0.15, 0.2) is 0 Å². The maximum absolute atomic E-state index is 9.57. The van der Waals surface area contributed by atoms with Crippen molar-refractivity contribution in [2.45, 2.75) is 70.2 Å². The maximum atomic E-state index is 9.57. The van der Waals surface area contributed by atoms with E-state index in [0.717, 1.165) is 32.4 Å². The molecule has 0 bridgehead atoms. The Labute approximate surface area is 123 Å². The van der Waals surface area contributed by atoms with Gasteiger partial charge in [0, 0.05) is 25.7 Å². The molecule has 0 aromatic rings. The van der Waals surface area contributed by atoms with Crippen molar-refractivity contribution < 1.29 is 4.74 Å². The van der Waals surface area contributed by atoms with Crippen LogP contribution in [0, 0.1) is 17.2 Å². The molecule has 2 rings (SSSR count). The van der Waals surface area contributed by atoms with Gasteiger partial charge in [-0.2, -0.15) is 5.26 Å². The van der Waals surface area contributed by atoms with Crippen LogP contribution < -0.4 is 5.32 Å². The lowest BCUT2D eigenvalue weighted by Gasteiger charge is -2.40. The van der Waals surface area contributed by atoms with Gasteiger partial charge in [0.2, 0.25) is 0 Å². The van der Waals surface area contributed by atoms with Gasteiger partial charge in [0.15, 0.2) is 0 Å². The van der Waals surface area contributed by atoms with Gasteiger partial charge in [0.05, 0.1) is 12.2 Å². The molecule has 1 heterocycles. The fourth-order valence-electron chi connectivity index (χ4n) is 3.84. The third-order valence-electron chi connectivity index (χ3n) is 5.01. The molecule has 1 aliphatic carbocycles. The molecular weight excluding hydrogens is 250 g/mol. The van der Waals surface area contributed by atoms with Crippen LogP contribution in [-0.4, -0.2) is 48.8 Å². The summed E-state index contributed by atoms with van der Waals surface area (Å²) in [6.45, 7) is 8.69. The molecule has 4 nitrogen and oxygen atoms in total. The second-order valence-electron chi connectivity index (χ2n) is 6.92. The molecule has 0 amide bonds. The zero-order chi connectivity index (χ0) is 14.8. The highest BCUT2D eigenvalue weighted by atomic mass is 16.5. The molecule has 1 aliphatic heterocycles. The van der Waals surface area contributed by atoms with Crippen LogP contribution in [0.5, 0.6) is 0 Å². The van der Waals surface area contributed by atoms with Crippen LogP contribution >= 0.6 is 0 Å². The van der Waals surface area contributed by atoms with Gasteiger partial charge in [-0.1, -0.05) is 6.92 Å². The topological polar surface area (TPSA) is 48.3 Å². The van der Waals surface area contributed by atoms with Crippen molar-refractivity contribution >= 4 is 0 Å². The predicted octanol–water partition coefficient (Wildman–Crippen LogP) is 2.16. The van der Waals surface area contributed by atoms with Crippen molar-refractivity contribution in [2.75, 3.05) is 20.2 Å². The molecule has 0 aromatic heterocycles. The minimum atomic E-state index is -0.315. The third kappa shape index (κ3) is 3.33. The van der Waals surface area contributed by atoms with E-state index in [0.29, 0.717) is 24.1 Å². The Morgan fingerprint density at radius 2 is 2.15 bits per heavy atom. The lowest BCUT2D eigenvalue weighted by atomic mass is 9.93. The first kappa shape index (κ1) is 15.8.